The second-order valence-corrected chi connectivity index (χ2v) is 8.65. The van der Waals surface area contributed by atoms with Crippen molar-refractivity contribution in [2.75, 3.05) is 32.2 Å². The summed E-state index contributed by atoms with van der Waals surface area (Å²) in [6.07, 6.45) is 1.51. The number of methoxy groups -OCH3 is 1. The van der Waals surface area contributed by atoms with Crippen LogP contribution in [0.3, 0.4) is 0 Å². The van der Waals surface area contributed by atoms with Crippen LogP contribution < -0.4 is 14.8 Å². The number of amides is 3. The number of nitrogens with zero attached hydrogens (tertiary/aromatic N) is 1. The molecule has 1 heterocycles. The van der Waals surface area contributed by atoms with Crippen LogP contribution in [0.5, 0.6) is 11.5 Å². The average molecular weight is 549 g/mol. The highest BCUT2D eigenvalue weighted by Crippen LogP contribution is 2.38. The number of imide groups is 1. The van der Waals surface area contributed by atoms with E-state index >= 15 is 0 Å². The van der Waals surface area contributed by atoms with Gasteiger partial charge < -0.3 is 19.5 Å². The van der Waals surface area contributed by atoms with Crippen molar-refractivity contribution < 1.29 is 33.4 Å². The first-order valence-corrected chi connectivity index (χ1v) is 11.7. The van der Waals surface area contributed by atoms with E-state index in [1.165, 1.54) is 13.2 Å². The minimum absolute atomic E-state index is 0.146. The van der Waals surface area contributed by atoms with Crippen LogP contribution in [0, 0.1) is 0 Å². The first-order chi connectivity index (χ1) is 16.3. The topological polar surface area (TPSA) is 111 Å². The number of carbonyl (C=O) groups excluding carboxylic acids is 4. The number of thioether (sulfide) groups is 1. The molecule has 2 aromatic carbocycles. The summed E-state index contributed by atoms with van der Waals surface area (Å²) in [6, 6.07) is 12.2. The standard InChI is InChI=1S/C23H21BrN2O7S/c1-3-32-17-9-14(10-19-22(29)26(23(30)34-19)12-21(28)31-2)16(24)11-18(17)33-13-20(27)25-15-7-5-4-6-8-15/h4-11H,3,12-13H2,1-2H3,(H,25,27). The fraction of sp³-hybridized carbons (Fsp3) is 0.217. The second kappa shape index (κ2) is 11.7. The quantitative estimate of drug-likeness (QED) is 0.368. The molecule has 1 fully saturated rings. The number of carbonyl (C=O) groups is 4. The molecule has 178 valence electrons. The van der Waals surface area contributed by atoms with Gasteiger partial charge in [-0.15, -0.1) is 0 Å². The third-order valence-electron chi connectivity index (χ3n) is 4.45. The summed E-state index contributed by atoms with van der Waals surface area (Å²) in [5.41, 5.74) is 1.20. The van der Waals surface area contributed by atoms with Crippen LogP contribution in [0.15, 0.2) is 51.8 Å². The van der Waals surface area contributed by atoms with Crippen molar-refractivity contribution in [2.24, 2.45) is 0 Å². The van der Waals surface area contributed by atoms with E-state index in [2.05, 4.69) is 26.0 Å². The lowest BCUT2D eigenvalue weighted by molar-refractivity contribution is -0.143. The molecule has 11 heteroatoms. The molecule has 1 aliphatic heterocycles. The molecule has 1 saturated heterocycles. The van der Waals surface area contributed by atoms with Gasteiger partial charge in [0.05, 0.1) is 18.6 Å². The summed E-state index contributed by atoms with van der Waals surface area (Å²) in [7, 11) is 1.18. The Labute approximate surface area is 208 Å². The van der Waals surface area contributed by atoms with Crippen molar-refractivity contribution >= 4 is 62.5 Å². The number of ether oxygens (including phenoxy) is 3. The predicted molar refractivity (Wildman–Crippen MR) is 131 cm³/mol. The van der Waals surface area contributed by atoms with E-state index in [4.69, 9.17) is 9.47 Å². The fourth-order valence-corrected chi connectivity index (χ4v) is 4.14. The normalized spacial score (nSPS) is 14.3. The first-order valence-electron chi connectivity index (χ1n) is 10.1. The number of benzene rings is 2. The maximum Gasteiger partial charge on any atom is 0.325 e. The number of anilines is 1. The van der Waals surface area contributed by atoms with Gasteiger partial charge in [-0.3, -0.25) is 24.1 Å². The van der Waals surface area contributed by atoms with Crippen LogP contribution in [0.1, 0.15) is 12.5 Å². The highest BCUT2D eigenvalue weighted by Gasteiger charge is 2.36. The number of nitrogens with one attached hydrogen (secondary N) is 1. The van der Waals surface area contributed by atoms with Crippen molar-refractivity contribution in [2.45, 2.75) is 6.92 Å². The minimum atomic E-state index is -0.693. The molecule has 3 amide bonds. The first kappa shape index (κ1) is 25.3. The molecule has 1 N–H and O–H groups in total. The van der Waals surface area contributed by atoms with Gasteiger partial charge in [0.25, 0.3) is 17.1 Å². The molecule has 34 heavy (non-hydrogen) atoms. The minimum Gasteiger partial charge on any atom is -0.490 e. The highest BCUT2D eigenvalue weighted by atomic mass is 79.9. The Kier molecular flexibility index (Phi) is 8.72. The molecule has 0 atom stereocenters. The number of halogens is 1. The van der Waals surface area contributed by atoms with E-state index in [0.29, 0.717) is 33.8 Å². The average Bonchev–Trinajstić information content (AvgIpc) is 3.08. The number of hydrogen-bond donors (Lipinski definition) is 1. The van der Waals surface area contributed by atoms with Crippen LogP contribution in [0.2, 0.25) is 0 Å². The maximum atomic E-state index is 12.6. The monoisotopic (exact) mass is 548 g/mol. The number of esters is 1. The Morgan fingerprint density at radius 1 is 1.12 bits per heavy atom. The van der Waals surface area contributed by atoms with Gasteiger partial charge in [0.1, 0.15) is 6.54 Å². The lowest BCUT2D eigenvalue weighted by Gasteiger charge is -2.14. The van der Waals surface area contributed by atoms with Crippen LogP contribution in [0.25, 0.3) is 6.08 Å². The van der Waals surface area contributed by atoms with Crippen LogP contribution in [-0.2, 0) is 19.1 Å². The Morgan fingerprint density at radius 3 is 2.50 bits per heavy atom. The zero-order valence-corrected chi connectivity index (χ0v) is 20.7. The van der Waals surface area contributed by atoms with Crippen LogP contribution >= 0.6 is 27.7 Å². The molecule has 0 spiro atoms. The summed E-state index contributed by atoms with van der Waals surface area (Å²) in [5, 5.41) is 2.17. The van der Waals surface area contributed by atoms with Gasteiger partial charge in [0.2, 0.25) is 0 Å². The molecular weight excluding hydrogens is 528 g/mol. The van der Waals surface area contributed by atoms with Gasteiger partial charge in [-0.05, 0) is 54.6 Å². The Morgan fingerprint density at radius 2 is 1.82 bits per heavy atom. The van der Waals surface area contributed by atoms with E-state index < -0.39 is 23.7 Å². The summed E-state index contributed by atoms with van der Waals surface area (Å²) < 4.78 is 16.4. The lowest BCUT2D eigenvalue weighted by Crippen LogP contribution is -2.34. The zero-order chi connectivity index (χ0) is 24.7. The van der Waals surface area contributed by atoms with E-state index in [1.807, 2.05) is 18.2 Å². The van der Waals surface area contributed by atoms with Crippen molar-refractivity contribution in [3.8, 4) is 11.5 Å². The molecule has 0 saturated carbocycles. The van der Waals surface area contributed by atoms with Crippen LogP contribution in [0.4, 0.5) is 10.5 Å². The van der Waals surface area contributed by atoms with Gasteiger partial charge >= 0.3 is 5.97 Å². The van der Waals surface area contributed by atoms with Gasteiger partial charge in [-0.1, -0.05) is 34.1 Å². The van der Waals surface area contributed by atoms with Crippen molar-refractivity contribution in [1.29, 1.82) is 0 Å². The second-order valence-electron chi connectivity index (χ2n) is 6.80. The summed E-state index contributed by atoms with van der Waals surface area (Å²) in [5.74, 6) is -0.941. The largest absolute Gasteiger partial charge is 0.490 e. The van der Waals surface area contributed by atoms with Gasteiger partial charge in [0, 0.05) is 10.2 Å². The third-order valence-corrected chi connectivity index (χ3v) is 6.05. The fourth-order valence-electron chi connectivity index (χ4n) is 2.88. The van der Waals surface area contributed by atoms with Crippen molar-refractivity contribution in [3.63, 3.8) is 0 Å². The van der Waals surface area contributed by atoms with E-state index in [-0.39, 0.29) is 17.4 Å². The van der Waals surface area contributed by atoms with Crippen molar-refractivity contribution in [1.82, 2.24) is 4.90 Å². The van der Waals surface area contributed by atoms with E-state index in [1.54, 1.807) is 31.2 Å². The molecule has 2 aromatic rings. The third kappa shape index (κ3) is 6.39. The molecule has 0 bridgehead atoms. The molecule has 1 aliphatic rings. The van der Waals surface area contributed by atoms with E-state index in [9.17, 15) is 19.2 Å². The van der Waals surface area contributed by atoms with Gasteiger partial charge in [-0.25, -0.2) is 0 Å². The smallest absolute Gasteiger partial charge is 0.325 e. The van der Waals surface area contributed by atoms with Gasteiger partial charge in [0.15, 0.2) is 18.1 Å². The van der Waals surface area contributed by atoms with Crippen LogP contribution in [-0.4, -0.2) is 54.8 Å². The summed E-state index contributed by atoms with van der Waals surface area (Å²) >= 11 is 4.15. The Bertz CT molecular complexity index is 1140. The van der Waals surface area contributed by atoms with Crippen molar-refractivity contribution in [3.05, 3.63) is 57.4 Å². The molecule has 0 aromatic heterocycles. The summed E-state index contributed by atoms with van der Waals surface area (Å²) in [6.45, 7) is 1.43. The maximum absolute atomic E-state index is 12.6. The number of para-hydroxylation sites is 1. The zero-order valence-electron chi connectivity index (χ0n) is 18.3. The predicted octanol–water partition coefficient (Wildman–Crippen LogP) is 4.07. The molecule has 0 radical (unpaired) electrons. The summed E-state index contributed by atoms with van der Waals surface area (Å²) in [4.78, 5) is 49.4. The number of rotatable bonds is 9. The molecular formula is C23H21BrN2O7S. The number of hydrogen-bond acceptors (Lipinski definition) is 8. The molecule has 0 unspecified atom stereocenters. The Hall–Kier alpha value is -3.31. The molecule has 0 aliphatic carbocycles. The molecule has 3 rings (SSSR count). The SMILES string of the molecule is CCOc1cc(C=C2SC(=O)N(CC(=O)OC)C2=O)c(Br)cc1OCC(=O)Nc1ccccc1. The Balaban J connectivity index is 1.77. The van der Waals surface area contributed by atoms with Gasteiger partial charge in [-0.2, -0.15) is 0 Å². The van der Waals surface area contributed by atoms with E-state index in [0.717, 1.165) is 16.7 Å². The highest BCUT2D eigenvalue weighted by molar-refractivity contribution is 9.10. The molecule has 9 nitrogen and oxygen atoms in total. The lowest BCUT2D eigenvalue weighted by atomic mass is 10.1.